The van der Waals surface area contributed by atoms with Gasteiger partial charge in [0.15, 0.2) is 0 Å². The molecule has 4 heteroatoms. The number of benzene rings is 3. The van der Waals surface area contributed by atoms with Crippen molar-refractivity contribution < 1.29 is 9.53 Å². The molecule has 2 bridgehead atoms. The molecular weight excluding hydrogens is 442 g/mol. The summed E-state index contributed by atoms with van der Waals surface area (Å²) in [6.45, 7) is 6.93. The molecule has 2 aliphatic rings. The van der Waals surface area contributed by atoms with Crippen LogP contribution in [0.15, 0.2) is 102 Å². The van der Waals surface area contributed by atoms with Crippen LogP contribution in [-0.4, -0.2) is 29.6 Å². The second-order valence-corrected chi connectivity index (χ2v) is 13.6. The first-order chi connectivity index (χ1) is 16.1. The van der Waals surface area contributed by atoms with Crippen LogP contribution in [0.2, 0.25) is 0 Å². The highest BCUT2D eigenvalue weighted by atomic mass is 31.1. The lowest BCUT2D eigenvalue weighted by Gasteiger charge is -2.37. The van der Waals surface area contributed by atoms with E-state index in [9.17, 15) is 4.79 Å². The van der Waals surface area contributed by atoms with Gasteiger partial charge in [-0.1, -0.05) is 110 Å². The molecule has 5 atom stereocenters. The largest absolute Gasteiger partial charge is 0.466 e. The van der Waals surface area contributed by atoms with E-state index in [-0.39, 0.29) is 23.2 Å². The molecule has 33 heavy (non-hydrogen) atoms. The second-order valence-electron chi connectivity index (χ2n) is 8.81. The van der Waals surface area contributed by atoms with Gasteiger partial charge in [-0.3, -0.25) is 4.79 Å². The topological polar surface area (TPSA) is 26.3 Å². The van der Waals surface area contributed by atoms with Gasteiger partial charge in [-0.15, -0.1) is 0 Å². The van der Waals surface area contributed by atoms with E-state index in [1.54, 1.807) is 0 Å². The van der Waals surface area contributed by atoms with E-state index in [1.165, 1.54) is 27.1 Å². The first-order valence-electron chi connectivity index (χ1n) is 11.7. The SMILES string of the molecule is CCOC(=O)[C@H]1C2C(C)=C(C)C([C@H]1P(c1ccccc1)c1ccccc1)P2c1ccccc1. The maximum Gasteiger partial charge on any atom is 0.310 e. The minimum absolute atomic E-state index is 0.00959. The number of carbonyl (C=O) groups is 1. The molecule has 2 heterocycles. The molecule has 3 aromatic rings. The Morgan fingerprint density at radius 1 is 0.788 bits per heavy atom. The molecule has 3 aromatic carbocycles. The molecule has 0 aliphatic carbocycles. The average Bonchev–Trinajstić information content (AvgIpc) is 3.32. The zero-order valence-electron chi connectivity index (χ0n) is 19.4. The summed E-state index contributed by atoms with van der Waals surface area (Å²) in [6, 6.07) is 32.6. The van der Waals surface area contributed by atoms with E-state index in [0.29, 0.717) is 12.3 Å². The maximum atomic E-state index is 13.6. The predicted octanol–water partition coefficient (Wildman–Crippen LogP) is 5.58. The Morgan fingerprint density at radius 3 is 1.79 bits per heavy atom. The van der Waals surface area contributed by atoms with Gasteiger partial charge >= 0.3 is 5.97 Å². The summed E-state index contributed by atoms with van der Waals surface area (Å²) < 4.78 is 5.76. The van der Waals surface area contributed by atoms with Crippen LogP contribution in [0, 0.1) is 5.92 Å². The minimum Gasteiger partial charge on any atom is -0.466 e. The fraction of sp³-hybridized carbons (Fsp3) is 0.276. The molecule has 0 amide bonds. The van der Waals surface area contributed by atoms with Crippen LogP contribution >= 0.6 is 15.8 Å². The molecule has 0 N–H and O–H groups in total. The van der Waals surface area contributed by atoms with Gasteiger partial charge in [0, 0.05) is 17.0 Å². The summed E-state index contributed by atoms with van der Waals surface area (Å²) in [5.74, 6) is -0.110. The molecule has 3 unspecified atom stereocenters. The van der Waals surface area contributed by atoms with Crippen LogP contribution in [0.1, 0.15) is 20.8 Å². The minimum atomic E-state index is -0.731. The van der Waals surface area contributed by atoms with Crippen molar-refractivity contribution in [3.63, 3.8) is 0 Å². The van der Waals surface area contributed by atoms with E-state index in [4.69, 9.17) is 4.74 Å². The Bertz CT molecular complexity index is 1100. The standard InChI is InChI=1S/C29H30O2P2/c1-4-31-29(30)25-26-20(2)21(3)27(33(26)24-18-12-7-13-19-24)28(25)32(22-14-8-5-9-15-22)23-16-10-6-11-17-23/h5-19,25-28H,4H2,1-3H3/t25-,26?,27?,28-,33?/m0/s1. The molecule has 168 valence electrons. The third-order valence-electron chi connectivity index (χ3n) is 7.12. The number of ether oxygens (including phenoxy) is 1. The third kappa shape index (κ3) is 3.88. The van der Waals surface area contributed by atoms with E-state index in [2.05, 4.69) is 105 Å². The van der Waals surface area contributed by atoms with Crippen molar-refractivity contribution in [2.24, 2.45) is 5.92 Å². The van der Waals surface area contributed by atoms with Crippen molar-refractivity contribution >= 4 is 37.7 Å². The molecule has 2 aliphatic heterocycles. The molecule has 0 aromatic heterocycles. The quantitative estimate of drug-likeness (QED) is 0.266. The Kier molecular flexibility index (Phi) is 6.51. The van der Waals surface area contributed by atoms with Gasteiger partial charge in [0.2, 0.25) is 0 Å². The van der Waals surface area contributed by atoms with Crippen LogP contribution in [0.25, 0.3) is 0 Å². The third-order valence-corrected chi connectivity index (χ3v) is 13.8. The Balaban J connectivity index is 1.71. The van der Waals surface area contributed by atoms with Gasteiger partial charge in [-0.2, -0.15) is 0 Å². The number of rotatable bonds is 6. The van der Waals surface area contributed by atoms with Crippen LogP contribution in [0.4, 0.5) is 0 Å². The number of carbonyl (C=O) groups excluding carboxylic acids is 1. The fourth-order valence-corrected chi connectivity index (χ4v) is 13.7. The molecule has 1 saturated heterocycles. The van der Waals surface area contributed by atoms with Crippen molar-refractivity contribution in [1.82, 2.24) is 0 Å². The van der Waals surface area contributed by atoms with Crippen LogP contribution in [-0.2, 0) is 9.53 Å². The highest BCUT2D eigenvalue weighted by molar-refractivity contribution is 7.76. The summed E-state index contributed by atoms with van der Waals surface area (Å²) in [6.07, 6.45) is 0. The molecule has 0 spiro atoms. The van der Waals surface area contributed by atoms with E-state index >= 15 is 0 Å². The Morgan fingerprint density at radius 2 is 1.27 bits per heavy atom. The van der Waals surface area contributed by atoms with E-state index < -0.39 is 15.8 Å². The van der Waals surface area contributed by atoms with Gasteiger partial charge in [-0.05, 0) is 44.6 Å². The molecule has 0 saturated carbocycles. The zero-order valence-corrected chi connectivity index (χ0v) is 21.2. The van der Waals surface area contributed by atoms with Gasteiger partial charge in [0.1, 0.15) is 0 Å². The van der Waals surface area contributed by atoms with Crippen LogP contribution < -0.4 is 15.9 Å². The number of hydrogen-bond donors (Lipinski definition) is 0. The smallest absolute Gasteiger partial charge is 0.310 e. The van der Waals surface area contributed by atoms with E-state index in [0.717, 1.165) is 0 Å². The second kappa shape index (κ2) is 9.54. The van der Waals surface area contributed by atoms with Crippen LogP contribution in [0.5, 0.6) is 0 Å². The maximum absolute atomic E-state index is 13.6. The first kappa shape index (κ1) is 22.5. The zero-order chi connectivity index (χ0) is 22.9. The number of allylic oxidation sites excluding steroid dienone is 2. The number of fused-ring (bicyclic) bond motifs is 2. The van der Waals surface area contributed by atoms with Crippen LogP contribution in [0.3, 0.4) is 0 Å². The lowest BCUT2D eigenvalue weighted by Crippen LogP contribution is -2.41. The first-order valence-corrected chi connectivity index (χ1v) is 14.6. The van der Waals surface area contributed by atoms with Gasteiger partial charge in [0.05, 0.1) is 12.5 Å². The van der Waals surface area contributed by atoms with Crippen molar-refractivity contribution in [1.29, 1.82) is 0 Å². The summed E-state index contributed by atoms with van der Waals surface area (Å²) in [4.78, 5) is 13.6. The van der Waals surface area contributed by atoms with Crippen molar-refractivity contribution in [3.8, 4) is 0 Å². The van der Waals surface area contributed by atoms with Crippen molar-refractivity contribution in [3.05, 3.63) is 102 Å². The lowest BCUT2D eigenvalue weighted by molar-refractivity contribution is -0.147. The summed E-state index contributed by atoms with van der Waals surface area (Å²) in [5.41, 5.74) is 3.81. The molecule has 1 fully saturated rings. The van der Waals surface area contributed by atoms with Crippen molar-refractivity contribution in [2.75, 3.05) is 6.61 Å². The van der Waals surface area contributed by atoms with Crippen molar-refractivity contribution in [2.45, 2.75) is 37.7 Å². The number of esters is 1. The molecular formula is C29H30O2P2. The normalized spacial score (nSPS) is 26.1. The van der Waals surface area contributed by atoms with Gasteiger partial charge < -0.3 is 4.74 Å². The van der Waals surface area contributed by atoms with Gasteiger partial charge in [0.25, 0.3) is 0 Å². The average molecular weight is 473 g/mol. The highest BCUT2D eigenvalue weighted by Crippen LogP contribution is 2.72. The monoisotopic (exact) mass is 472 g/mol. The fourth-order valence-electron chi connectivity index (χ4n) is 5.70. The lowest BCUT2D eigenvalue weighted by atomic mass is 9.84. The summed E-state index contributed by atoms with van der Waals surface area (Å²) in [5, 5.41) is 4.10. The van der Waals surface area contributed by atoms with Gasteiger partial charge in [-0.25, -0.2) is 0 Å². The Hall–Kier alpha value is -2.27. The molecule has 5 rings (SSSR count). The molecule has 2 nitrogen and oxygen atoms in total. The summed E-state index contributed by atoms with van der Waals surface area (Å²) in [7, 11) is -1.25. The van der Waals surface area contributed by atoms with E-state index in [1.807, 2.05) is 6.92 Å². The highest BCUT2D eigenvalue weighted by Gasteiger charge is 2.61. The molecule has 0 radical (unpaired) electrons. The Labute approximate surface area is 199 Å². The number of hydrogen-bond acceptors (Lipinski definition) is 2. The summed E-state index contributed by atoms with van der Waals surface area (Å²) >= 11 is 0. The predicted molar refractivity (Wildman–Crippen MR) is 142 cm³/mol.